The minimum Gasteiger partial charge on any atom is -0.390 e. The molecule has 0 radical (unpaired) electrons. The van der Waals surface area contributed by atoms with E-state index in [0.29, 0.717) is 6.16 Å². The molecule has 0 aliphatic carbocycles. The van der Waals surface area contributed by atoms with Gasteiger partial charge in [0.05, 0.1) is 50.5 Å². The van der Waals surface area contributed by atoms with Gasteiger partial charge in [-0.2, -0.15) is 0 Å². The van der Waals surface area contributed by atoms with E-state index in [1.165, 1.54) is 114 Å². The van der Waals surface area contributed by atoms with E-state index < -0.39 is 175 Å². The van der Waals surface area contributed by atoms with Gasteiger partial charge in [-0.15, -0.1) is 0 Å². The first kappa shape index (κ1) is 99.8. The monoisotopic (exact) mass is 1630 g/mol. The number of ketones is 3. The molecule has 1 aliphatic heterocycles. The van der Waals surface area contributed by atoms with Crippen LogP contribution in [-0.2, 0) is 67.1 Å². The van der Waals surface area contributed by atoms with Crippen LogP contribution in [0, 0.1) is 59.2 Å². The van der Waals surface area contributed by atoms with E-state index in [4.69, 9.17) is 4.74 Å². The molecule has 1 fully saturated rings. The Hall–Kier alpha value is -8.54. The predicted molar refractivity (Wildman–Crippen MR) is 458 cm³/mol. The zero-order chi connectivity index (χ0) is 87.3. The Balaban J connectivity index is 1.70. The number of hydrogen-bond acceptors (Lipinski definition) is 15. The second-order valence-electron chi connectivity index (χ2n) is 34.4. The number of ether oxygens (including phenoxy) is 1. The van der Waals surface area contributed by atoms with Crippen molar-refractivity contribution in [2.24, 2.45) is 59.2 Å². The largest absolute Gasteiger partial charge is 0.390 e. The lowest BCUT2D eigenvalue weighted by molar-refractivity contribution is -0.157. The van der Waals surface area contributed by atoms with Crippen molar-refractivity contribution in [3.05, 3.63) is 103 Å². The molecular formula is C90H140N10O15P+. The van der Waals surface area contributed by atoms with Gasteiger partial charge in [0.1, 0.15) is 53.4 Å². The van der Waals surface area contributed by atoms with E-state index in [0.717, 1.165) is 4.90 Å². The van der Waals surface area contributed by atoms with Crippen molar-refractivity contribution < 1.29 is 72.2 Å². The van der Waals surface area contributed by atoms with Gasteiger partial charge in [-0.25, -0.2) is 0 Å². The number of benzene rings is 3. The molecule has 1 heterocycles. The molecule has 0 spiro atoms. The van der Waals surface area contributed by atoms with Crippen LogP contribution in [0.5, 0.6) is 0 Å². The molecule has 10 amide bonds. The number of amides is 10. The van der Waals surface area contributed by atoms with Gasteiger partial charge >= 0.3 is 0 Å². The van der Waals surface area contributed by atoms with Gasteiger partial charge in [-0.1, -0.05) is 165 Å². The van der Waals surface area contributed by atoms with Crippen molar-refractivity contribution >= 4 is 99.6 Å². The summed E-state index contributed by atoms with van der Waals surface area (Å²) in [6.45, 7) is 28.6. The average molecular weight is 1630 g/mol. The van der Waals surface area contributed by atoms with E-state index in [9.17, 15) is 48.3 Å². The summed E-state index contributed by atoms with van der Waals surface area (Å²) in [6.07, 6.45) is 1.67. The van der Waals surface area contributed by atoms with Crippen LogP contribution in [0.3, 0.4) is 0 Å². The molecule has 644 valence electrons. The van der Waals surface area contributed by atoms with Crippen molar-refractivity contribution in [2.75, 3.05) is 88.3 Å². The van der Waals surface area contributed by atoms with Crippen molar-refractivity contribution in [2.45, 2.75) is 223 Å². The third-order valence-electron chi connectivity index (χ3n) is 22.5. The SMILES string of the molecule is CC[C@@H]1CC(=O)[C@H]([C@H](O)[C@H](C)C/C=C/C(=O)NCCOCCNC(=O)CC[P+](c2ccccc2)(c2ccccc2)c2ccccc2)N(C)C(=O)[C@H](C(C)C)N(C)C(=O)[C@H](CC(C)C)N(C)C(=O)[C@H](CC(C)C)N(C)C(=O)[C@@H](C)NC(=O)[C@H](C)CC(=O)[C@H](CC(C)C)N(C)C(=O)[C@H](C(C)C)CC(=O)[C@H](CC(C)C)N(C)C(=O)CN(C)C1=O. The molecule has 25 nitrogen and oxygen atoms in total. The first-order valence-corrected chi connectivity index (χ1v) is 43.7. The van der Waals surface area contributed by atoms with Gasteiger partial charge in [0.15, 0.2) is 17.3 Å². The molecule has 12 atom stereocenters. The Kier molecular flexibility index (Phi) is 41.1. The average Bonchev–Trinajstić information content (AvgIpc) is 0.755. The van der Waals surface area contributed by atoms with E-state index in [-0.39, 0.29) is 114 Å². The Bertz CT molecular complexity index is 3670. The second-order valence-corrected chi connectivity index (χ2v) is 38.0. The number of carbonyl (C=O) groups excluding carboxylic acids is 13. The van der Waals surface area contributed by atoms with Gasteiger partial charge in [-0.05, 0) is 129 Å². The third-order valence-corrected chi connectivity index (χ3v) is 26.9. The number of nitrogens with zero attached hydrogens (tertiary/aromatic N) is 7. The predicted octanol–water partition coefficient (Wildman–Crippen LogP) is 8.15. The molecular weight excluding hydrogens is 1490 g/mol. The van der Waals surface area contributed by atoms with Crippen molar-refractivity contribution in [3.63, 3.8) is 0 Å². The van der Waals surface area contributed by atoms with Crippen LogP contribution in [0.25, 0.3) is 0 Å². The van der Waals surface area contributed by atoms with Crippen molar-refractivity contribution in [1.29, 1.82) is 0 Å². The molecule has 3 aromatic rings. The van der Waals surface area contributed by atoms with E-state index >= 15 is 19.2 Å². The molecule has 1 saturated heterocycles. The number of aliphatic hydroxyl groups is 1. The summed E-state index contributed by atoms with van der Waals surface area (Å²) < 4.78 is 5.80. The molecule has 3 aromatic carbocycles. The van der Waals surface area contributed by atoms with Crippen LogP contribution in [0.15, 0.2) is 103 Å². The Morgan fingerprint density at radius 3 is 1.41 bits per heavy atom. The Morgan fingerprint density at radius 1 is 0.509 bits per heavy atom. The van der Waals surface area contributed by atoms with Crippen LogP contribution < -0.4 is 31.9 Å². The third kappa shape index (κ3) is 28.4. The number of likely N-dealkylation sites (N-methyl/N-ethyl adjacent to an activating group) is 7. The molecule has 0 bridgehead atoms. The van der Waals surface area contributed by atoms with E-state index in [1.54, 1.807) is 48.5 Å². The van der Waals surface area contributed by atoms with Gasteiger partial charge in [0.25, 0.3) is 0 Å². The highest BCUT2D eigenvalue weighted by Gasteiger charge is 2.48. The van der Waals surface area contributed by atoms with Crippen LogP contribution in [0.2, 0.25) is 0 Å². The fourth-order valence-electron chi connectivity index (χ4n) is 15.5. The van der Waals surface area contributed by atoms with E-state index in [2.05, 4.69) is 52.3 Å². The lowest BCUT2D eigenvalue weighted by atomic mass is 9.84. The molecule has 116 heavy (non-hydrogen) atoms. The normalized spacial score (nSPS) is 23.0. The smallest absolute Gasteiger partial charge is 0.246 e. The van der Waals surface area contributed by atoms with Crippen molar-refractivity contribution in [1.82, 2.24) is 50.2 Å². The number of allylic oxidation sites excluding steroid dienone is 1. The van der Waals surface area contributed by atoms with Gasteiger partial charge in [0, 0.05) is 99.4 Å². The van der Waals surface area contributed by atoms with Gasteiger partial charge < -0.3 is 60.1 Å². The molecule has 0 unspecified atom stereocenters. The molecule has 26 heteroatoms. The highest BCUT2D eigenvalue weighted by atomic mass is 31.2. The summed E-state index contributed by atoms with van der Waals surface area (Å²) in [7, 11) is 7.83. The van der Waals surface area contributed by atoms with Crippen LogP contribution >= 0.6 is 7.26 Å². The maximum Gasteiger partial charge on any atom is 0.246 e. The number of Topliss-reactive ketones (excluding diaryl/α,β-unsaturated/α-hetero) is 3. The lowest BCUT2D eigenvalue weighted by Crippen LogP contribution is -2.61. The summed E-state index contributed by atoms with van der Waals surface area (Å²) in [5, 5.41) is 24.7. The molecule has 4 N–H and O–H groups in total. The summed E-state index contributed by atoms with van der Waals surface area (Å²) in [5.41, 5.74) is 0. The minimum atomic E-state index is -2.23. The maximum absolute atomic E-state index is 15.6. The Labute approximate surface area is 692 Å². The first-order valence-electron chi connectivity index (χ1n) is 41.7. The fraction of sp³-hybridized carbons (Fsp3) is 0.633. The lowest BCUT2D eigenvalue weighted by Gasteiger charge is -2.41. The zero-order valence-corrected chi connectivity index (χ0v) is 74.7. The van der Waals surface area contributed by atoms with Crippen LogP contribution in [0.1, 0.15) is 175 Å². The first-order chi connectivity index (χ1) is 54.5. The number of carbonyl (C=O) groups is 13. The molecule has 1 aliphatic rings. The molecule has 0 saturated carbocycles. The summed E-state index contributed by atoms with van der Waals surface area (Å²) in [5.74, 6) is -12.7. The number of aliphatic hydroxyl groups excluding tert-OH is 1. The second kappa shape index (κ2) is 47.8. The topological polar surface area (TPSA) is 310 Å². The van der Waals surface area contributed by atoms with E-state index in [1.807, 2.05) is 110 Å². The Morgan fingerprint density at radius 2 is 0.940 bits per heavy atom. The van der Waals surface area contributed by atoms with Crippen molar-refractivity contribution in [3.8, 4) is 0 Å². The maximum atomic E-state index is 15.6. The highest BCUT2D eigenvalue weighted by Crippen LogP contribution is 2.55. The van der Waals surface area contributed by atoms with Gasteiger partial charge in [-0.3, -0.25) is 62.3 Å². The highest BCUT2D eigenvalue weighted by molar-refractivity contribution is 7.95. The molecule has 0 aromatic heterocycles. The number of nitrogens with one attached hydrogen (secondary N) is 3. The standard InChI is InChI=1S/C90H139N10O15P/c1-24-66-54-77(103)82(83(107)63(14)35-34-42-78(104)91-44-46-115-47-45-92-79(105)43-48-116(67-36-28-25-29-37-67,68-38-30-26-31-39-68)69-40-32-27-33-41-69)100(23)90(114)81(62(12)13)99(22)89(113)74(52-60(8)9)98(21)88(112)73(51-59(6)7)97(20)85(109)65(16)93-84(108)64(15)53-75(101)72(50-58(4)5)96(19)87(111)70(61(10)11)55-76(102)71(49-57(2)3)95(18)80(106)56-94(17)86(66)110/h25-34,36-42,57-66,70-74,81-83,107H,24,35,43-56H2,1-23H3,(H2-,91,92,93,104,105,108)/p+1/b42-34+/t63-,64-,65-,66-,70+,71+,72+,73+,74+,81+,82-,83-/m1/s1. The van der Waals surface area contributed by atoms with Gasteiger partial charge in [0.2, 0.25) is 59.1 Å². The molecule has 4 rings (SSSR count). The summed E-state index contributed by atoms with van der Waals surface area (Å²) in [6, 6.07) is 22.4. The fourth-order valence-corrected chi connectivity index (χ4v) is 19.7. The number of hydrogen-bond donors (Lipinski definition) is 4. The summed E-state index contributed by atoms with van der Waals surface area (Å²) >= 11 is 0. The van der Waals surface area contributed by atoms with Crippen LogP contribution in [0.4, 0.5) is 0 Å². The van der Waals surface area contributed by atoms with Crippen LogP contribution in [-0.4, -0.2) is 253 Å². The summed E-state index contributed by atoms with van der Waals surface area (Å²) in [4.78, 5) is 199. The quantitative estimate of drug-likeness (QED) is 0.0303. The number of rotatable bonds is 28. The minimum absolute atomic E-state index is 0.0103. The zero-order valence-electron chi connectivity index (χ0n) is 73.8.